The minimum Gasteiger partial charge on any atom is -0.497 e. The highest BCUT2D eigenvalue weighted by molar-refractivity contribution is 6.30. The highest BCUT2D eigenvalue weighted by atomic mass is 35.5. The van der Waals surface area contributed by atoms with E-state index in [0.717, 1.165) is 5.56 Å². The Balaban J connectivity index is 2.95. The zero-order chi connectivity index (χ0) is 13.7. The molecule has 4 nitrogen and oxygen atoms in total. The Hall–Kier alpha value is -1.42. The van der Waals surface area contributed by atoms with Crippen LogP contribution in [0.5, 0.6) is 11.5 Å². The van der Waals surface area contributed by atoms with Gasteiger partial charge in [0, 0.05) is 5.56 Å². The summed E-state index contributed by atoms with van der Waals surface area (Å²) in [6.07, 6.45) is 0. The molecule has 0 bridgehead atoms. The van der Waals surface area contributed by atoms with Crippen LogP contribution in [0.15, 0.2) is 18.2 Å². The zero-order valence-corrected chi connectivity index (χ0v) is 11.7. The first-order valence-electron chi connectivity index (χ1n) is 5.66. The molecule has 0 heterocycles. The number of carbonyl (C=O) groups is 1. The predicted molar refractivity (Wildman–Crippen MR) is 71.4 cm³/mol. The first-order valence-corrected chi connectivity index (χ1v) is 6.09. The van der Waals surface area contributed by atoms with Crippen molar-refractivity contribution in [3.05, 3.63) is 23.8 Å². The summed E-state index contributed by atoms with van der Waals surface area (Å²) in [7, 11) is 3.18. The Kier molecular flexibility index (Phi) is 5.28. The Labute approximate surface area is 112 Å². The quantitative estimate of drug-likeness (QED) is 0.837. The van der Waals surface area contributed by atoms with Crippen molar-refractivity contribution in [3.63, 3.8) is 0 Å². The smallest absolute Gasteiger partial charge is 0.238 e. The largest absolute Gasteiger partial charge is 0.497 e. The fourth-order valence-corrected chi connectivity index (χ4v) is 1.65. The summed E-state index contributed by atoms with van der Waals surface area (Å²) in [5.74, 6) is 1.20. The van der Waals surface area contributed by atoms with Gasteiger partial charge in [0.25, 0.3) is 0 Å². The highest BCUT2D eigenvalue weighted by Gasteiger charge is 2.17. The van der Waals surface area contributed by atoms with Crippen LogP contribution in [0.25, 0.3) is 0 Å². The number of hydrogen-bond donors (Lipinski definition) is 1. The summed E-state index contributed by atoms with van der Waals surface area (Å²) < 4.78 is 10.4. The van der Waals surface area contributed by atoms with Gasteiger partial charge in [-0.1, -0.05) is 0 Å². The van der Waals surface area contributed by atoms with Gasteiger partial charge in [0.2, 0.25) is 5.91 Å². The lowest BCUT2D eigenvalue weighted by Gasteiger charge is -2.18. The van der Waals surface area contributed by atoms with E-state index in [1.54, 1.807) is 33.3 Å². The third-order valence-corrected chi connectivity index (χ3v) is 2.82. The second-order valence-electron chi connectivity index (χ2n) is 3.95. The highest BCUT2D eigenvalue weighted by Crippen LogP contribution is 2.29. The first kappa shape index (κ1) is 14.6. The molecule has 0 spiro atoms. The maximum absolute atomic E-state index is 11.6. The SMILES string of the molecule is COc1ccc(OC)c([C@@H](C)NC(=O)[C@H](C)Cl)c1. The Morgan fingerprint density at radius 2 is 1.94 bits per heavy atom. The number of halogens is 1. The van der Waals surface area contributed by atoms with E-state index in [4.69, 9.17) is 21.1 Å². The number of benzene rings is 1. The molecular formula is C13H18ClNO3. The van der Waals surface area contributed by atoms with E-state index in [0.29, 0.717) is 11.5 Å². The summed E-state index contributed by atoms with van der Waals surface area (Å²) >= 11 is 5.72. The Bertz CT molecular complexity index is 421. The van der Waals surface area contributed by atoms with Gasteiger partial charge in [-0.05, 0) is 32.0 Å². The van der Waals surface area contributed by atoms with Crippen LogP contribution in [0.3, 0.4) is 0 Å². The van der Waals surface area contributed by atoms with Crippen molar-refractivity contribution in [1.82, 2.24) is 5.32 Å². The summed E-state index contributed by atoms with van der Waals surface area (Å²) in [5.41, 5.74) is 0.850. The predicted octanol–water partition coefficient (Wildman–Crippen LogP) is 2.51. The van der Waals surface area contributed by atoms with E-state index in [9.17, 15) is 4.79 Å². The molecule has 1 amide bonds. The van der Waals surface area contributed by atoms with Gasteiger partial charge in [-0.3, -0.25) is 4.79 Å². The fourth-order valence-electron chi connectivity index (χ4n) is 1.58. The number of methoxy groups -OCH3 is 2. The molecule has 1 aromatic rings. The molecule has 0 aliphatic heterocycles. The van der Waals surface area contributed by atoms with Crippen molar-refractivity contribution in [2.75, 3.05) is 14.2 Å². The third-order valence-electron chi connectivity index (χ3n) is 2.62. The Morgan fingerprint density at radius 1 is 1.28 bits per heavy atom. The number of ether oxygens (including phenoxy) is 2. The van der Waals surface area contributed by atoms with Gasteiger partial charge < -0.3 is 14.8 Å². The van der Waals surface area contributed by atoms with E-state index < -0.39 is 5.38 Å². The second-order valence-corrected chi connectivity index (χ2v) is 4.61. The molecule has 2 atom stereocenters. The number of nitrogens with one attached hydrogen (secondary N) is 1. The average Bonchev–Trinajstić information content (AvgIpc) is 2.37. The van der Waals surface area contributed by atoms with Crippen LogP contribution in [0.2, 0.25) is 0 Å². The van der Waals surface area contributed by atoms with Gasteiger partial charge in [-0.25, -0.2) is 0 Å². The molecule has 18 heavy (non-hydrogen) atoms. The maximum Gasteiger partial charge on any atom is 0.238 e. The molecule has 0 aliphatic rings. The van der Waals surface area contributed by atoms with Crippen LogP contribution in [0.1, 0.15) is 25.5 Å². The lowest BCUT2D eigenvalue weighted by molar-refractivity contribution is -0.121. The van der Waals surface area contributed by atoms with E-state index in [1.165, 1.54) is 0 Å². The van der Waals surface area contributed by atoms with Crippen LogP contribution < -0.4 is 14.8 Å². The van der Waals surface area contributed by atoms with Crippen molar-refractivity contribution in [2.24, 2.45) is 0 Å². The molecule has 1 N–H and O–H groups in total. The van der Waals surface area contributed by atoms with Gasteiger partial charge in [-0.2, -0.15) is 0 Å². The number of amides is 1. The standard InChI is InChI=1S/C13H18ClNO3/c1-8(14)13(16)15-9(2)11-7-10(17-3)5-6-12(11)18-4/h5-9H,1-4H3,(H,15,16)/t8-,9+/m0/s1. The number of alkyl halides is 1. The minimum absolute atomic E-state index is 0.205. The van der Waals surface area contributed by atoms with Crippen LogP contribution in [0.4, 0.5) is 0 Å². The fraction of sp³-hybridized carbons (Fsp3) is 0.462. The molecule has 0 fully saturated rings. The third kappa shape index (κ3) is 3.53. The molecule has 0 unspecified atom stereocenters. The van der Waals surface area contributed by atoms with E-state index >= 15 is 0 Å². The molecular weight excluding hydrogens is 254 g/mol. The van der Waals surface area contributed by atoms with E-state index in [2.05, 4.69) is 5.32 Å². The van der Waals surface area contributed by atoms with E-state index in [1.807, 2.05) is 13.0 Å². The van der Waals surface area contributed by atoms with Gasteiger partial charge >= 0.3 is 0 Å². The normalized spacial score (nSPS) is 13.6. The van der Waals surface area contributed by atoms with Crippen LogP contribution >= 0.6 is 11.6 Å². The zero-order valence-electron chi connectivity index (χ0n) is 11.0. The molecule has 0 aliphatic carbocycles. The summed E-state index contributed by atoms with van der Waals surface area (Å²) in [6, 6.07) is 5.24. The van der Waals surface area contributed by atoms with Crippen molar-refractivity contribution < 1.29 is 14.3 Å². The molecule has 0 saturated carbocycles. The topological polar surface area (TPSA) is 47.6 Å². The first-order chi connectivity index (χ1) is 8.49. The molecule has 5 heteroatoms. The number of rotatable bonds is 5. The average molecular weight is 272 g/mol. The van der Waals surface area contributed by atoms with Gasteiger partial charge in [0.1, 0.15) is 16.9 Å². The summed E-state index contributed by atoms with van der Waals surface area (Å²) in [6.45, 7) is 3.50. The van der Waals surface area contributed by atoms with Crippen LogP contribution in [-0.4, -0.2) is 25.5 Å². The second kappa shape index (κ2) is 6.50. The minimum atomic E-state index is -0.566. The molecule has 1 aromatic carbocycles. The van der Waals surface area contributed by atoms with Gasteiger partial charge in [0.15, 0.2) is 0 Å². The van der Waals surface area contributed by atoms with Crippen LogP contribution in [-0.2, 0) is 4.79 Å². The molecule has 1 rings (SSSR count). The van der Waals surface area contributed by atoms with Gasteiger partial charge in [-0.15, -0.1) is 11.6 Å². The van der Waals surface area contributed by atoms with Crippen molar-refractivity contribution in [2.45, 2.75) is 25.3 Å². The Morgan fingerprint density at radius 3 is 2.44 bits per heavy atom. The molecule has 100 valence electrons. The number of hydrogen-bond acceptors (Lipinski definition) is 3. The van der Waals surface area contributed by atoms with Crippen molar-refractivity contribution in [1.29, 1.82) is 0 Å². The monoisotopic (exact) mass is 271 g/mol. The van der Waals surface area contributed by atoms with Crippen LogP contribution in [0, 0.1) is 0 Å². The summed E-state index contributed by atoms with van der Waals surface area (Å²) in [4.78, 5) is 11.6. The lowest BCUT2D eigenvalue weighted by atomic mass is 10.1. The van der Waals surface area contributed by atoms with Crippen molar-refractivity contribution in [3.8, 4) is 11.5 Å². The van der Waals surface area contributed by atoms with Gasteiger partial charge in [0.05, 0.1) is 20.3 Å². The number of carbonyl (C=O) groups excluding carboxylic acids is 1. The molecule has 0 saturated heterocycles. The maximum atomic E-state index is 11.6. The van der Waals surface area contributed by atoms with E-state index in [-0.39, 0.29) is 11.9 Å². The van der Waals surface area contributed by atoms with Crippen molar-refractivity contribution >= 4 is 17.5 Å². The molecule has 0 radical (unpaired) electrons. The summed E-state index contributed by atoms with van der Waals surface area (Å²) in [5, 5.41) is 2.25. The molecule has 0 aromatic heterocycles. The lowest BCUT2D eigenvalue weighted by Crippen LogP contribution is -2.32.